The number of hydrogen-bond acceptors (Lipinski definition) is 4. The quantitative estimate of drug-likeness (QED) is 0.471. The van der Waals surface area contributed by atoms with Crippen LogP contribution in [0.25, 0.3) is 16.6 Å². The summed E-state index contributed by atoms with van der Waals surface area (Å²) in [5.41, 5.74) is 3.42. The predicted octanol–water partition coefficient (Wildman–Crippen LogP) is 4.31. The van der Waals surface area contributed by atoms with Gasteiger partial charge in [0.1, 0.15) is 18.2 Å². The Morgan fingerprint density at radius 1 is 0.968 bits per heavy atom. The van der Waals surface area contributed by atoms with E-state index in [2.05, 4.69) is 17.0 Å². The first-order chi connectivity index (χ1) is 15.1. The highest BCUT2D eigenvalue weighted by Gasteiger charge is 2.14. The van der Waals surface area contributed by atoms with Gasteiger partial charge in [0.05, 0.1) is 11.2 Å². The van der Waals surface area contributed by atoms with Gasteiger partial charge >= 0.3 is 0 Å². The molecule has 0 amide bonds. The summed E-state index contributed by atoms with van der Waals surface area (Å²) in [5, 5.41) is 0.994. The first kappa shape index (κ1) is 19.5. The van der Waals surface area contributed by atoms with Crippen LogP contribution in [0.2, 0.25) is 0 Å². The Labute approximate surface area is 179 Å². The molecule has 4 aromatic rings. The normalized spacial score (nSPS) is 13.8. The molecule has 0 atom stereocenters. The molecule has 1 saturated heterocycles. The van der Waals surface area contributed by atoms with Crippen molar-refractivity contribution in [3.63, 3.8) is 0 Å². The SMILES string of the molecule is O=c1cc(OCc2ccc(F)cc2)ccn1-c1ccc2nc(CN3CCC3)ccc2c1. The third-order valence-electron chi connectivity index (χ3n) is 5.55. The zero-order valence-corrected chi connectivity index (χ0v) is 17.0. The lowest BCUT2D eigenvalue weighted by molar-refractivity contribution is 0.170. The van der Waals surface area contributed by atoms with Crippen molar-refractivity contribution in [2.24, 2.45) is 0 Å². The monoisotopic (exact) mass is 415 g/mol. The number of benzene rings is 2. The summed E-state index contributed by atoms with van der Waals surface area (Å²) in [6.07, 6.45) is 2.97. The molecular formula is C25H22FN3O2. The lowest BCUT2D eigenvalue weighted by Gasteiger charge is -2.30. The van der Waals surface area contributed by atoms with Crippen molar-refractivity contribution in [1.82, 2.24) is 14.5 Å². The van der Waals surface area contributed by atoms with Crippen LogP contribution < -0.4 is 10.3 Å². The van der Waals surface area contributed by atoms with Gasteiger partial charge < -0.3 is 4.74 Å². The second-order valence-electron chi connectivity index (χ2n) is 7.80. The number of halogens is 1. The highest BCUT2D eigenvalue weighted by molar-refractivity contribution is 5.81. The van der Waals surface area contributed by atoms with Gasteiger partial charge in [0, 0.05) is 29.9 Å². The van der Waals surface area contributed by atoms with Crippen LogP contribution in [0.4, 0.5) is 4.39 Å². The van der Waals surface area contributed by atoms with Crippen molar-refractivity contribution in [3.05, 3.63) is 100 Å². The average molecular weight is 415 g/mol. The number of hydrogen-bond donors (Lipinski definition) is 0. The van der Waals surface area contributed by atoms with Gasteiger partial charge in [-0.1, -0.05) is 18.2 Å². The van der Waals surface area contributed by atoms with Gasteiger partial charge in [-0.3, -0.25) is 19.2 Å². The summed E-state index contributed by atoms with van der Waals surface area (Å²) < 4.78 is 20.3. The van der Waals surface area contributed by atoms with E-state index in [-0.39, 0.29) is 18.0 Å². The predicted molar refractivity (Wildman–Crippen MR) is 118 cm³/mol. The van der Waals surface area contributed by atoms with E-state index in [4.69, 9.17) is 9.72 Å². The molecule has 1 aliphatic rings. The smallest absolute Gasteiger partial charge is 0.258 e. The van der Waals surface area contributed by atoms with Gasteiger partial charge in [0.15, 0.2) is 0 Å². The molecule has 0 spiro atoms. The van der Waals surface area contributed by atoms with Crippen LogP contribution in [-0.2, 0) is 13.2 Å². The van der Waals surface area contributed by atoms with Crippen molar-refractivity contribution in [3.8, 4) is 11.4 Å². The Kier molecular flexibility index (Phi) is 5.22. The minimum Gasteiger partial charge on any atom is -0.489 e. The van der Waals surface area contributed by atoms with E-state index in [1.54, 1.807) is 29.0 Å². The average Bonchev–Trinajstić information content (AvgIpc) is 2.75. The summed E-state index contributed by atoms with van der Waals surface area (Å²) >= 11 is 0. The summed E-state index contributed by atoms with van der Waals surface area (Å²) in [6.45, 7) is 3.44. The van der Waals surface area contributed by atoms with Crippen LogP contribution in [0.15, 0.2) is 77.7 Å². The van der Waals surface area contributed by atoms with Crippen molar-refractivity contribution < 1.29 is 9.13 Å². The zero-order valence-electron chi connectivity index (χ0n) is 17.0. The maximum Gasteiger partial charge on any atom is 0.258 e. The Balaban J connectivity index is 1.33. The van der Waals surface area contributed by atoms with Crippen molar-refractivity contribution in [2.75, 3.05) is 13.1 Å². The fourth-order valence-electron chi connectivity index (χ4n) is 3.67. The summed E-state index contributed by atoms with van der Waals surface area (Å²) in [7, 11) is 0. The Bertz CT molecular complexity index is 1280. The molecule has 1 fully saturated rings. The molecule has 5 nitrogen and oxygen atoms in total. The minimum absolute atomic E-state index is 0.182. The van der Waals surface area contributed by atoms with Crippen molar-refractivity contribution in [1.29, 1.82) is 0 Å². The number of fused-ring (bicyclic) bond motifs is 1. The topological polar surface area (TPSA) is 47.4 Å². The molecule has 5 rings (SSSR count). The van der Waals surface area contributed by atoms with Gasteiger partial charge in [-0.2, -0.15) is 0 Å². The molecule has 1 aliphatic heterocycles. The van der Waals surface area contributed by atoms with Crippen LogP contribution in [0.3, 0.4) is 0 Å². The third kappa shape index (κ3) is 4.34. The Morgan fingerprint density at radius 2 is 1.81 bits per heavy atom. The second kappa shape index (κ2) is 8.32. The number of ether oxygens (including phenoxy) is 1. The number of nitrogens with zero attached hydrogens (tertiary/aromatic N) is 3. The van der Waals surface area contributed by atoms with Gasteiger partial charge in [-0.25, -0.2) is 4.39 Å². The molecule has 2 aromatic heterocycles. The molecule has 0 bridgehead atoms. The highest BCUT2D eigenvalue weighted by Crippen LogP contribution is 2.20. The maximum absolute atomic E-state index is 13.0. The molecular weight excluding hydrogens is 393 g/mol. The fraction of sp³-hybridized carbons (Fsp3) is 0.200. The highest BCUT2D eigenvalue weighted by atomic mass is 19.1. The van der Waals surface area contributed by atoms with E-state index in [0.717, 1.165) is 47.5 Å². The van der Waals surface area contributed by atoms with E-state index < -0.39 is 0 Å². The molecule has 0 aliphatic carbocycles. The lowest BCUT2D eigenvalue weighted by Crippen LogP contribution is -2.36. The lowest BCUT2D eigenvalue weighted by atomic mass is 10.1. The number of likely N-dealkylation sites (tertiary alicyclic amines) is 1. The summed E-state index contributed by atoms with van der Waals surface area (Å²) in [6, 6.07) is 19.3. The molecule has 3 heterocycles. The van der Waals surface area contributed by atoms with Crippen LogP contribution >= 0.6 is 0 Å². The Hall–Kier alpha value is -3.51. The number of rotatable bonds is 6. The van der Waals surface area contributed by atoms with Gasteiger partial charge in [0.2, 0.25) is 0 Å². The first-order valence-corrected chi connectivity index (χ1v) is 10.4. The maximum atomic E-state index is 13.0. The first-order valence-electron chi connectivity index (χ1n) is 10.4. The summed E-state index contributed by atoms with van der Waals surface area (Å²) in [5.74, 6) is 0.188. The zero-order chi connectivity index (χ0) is 21.2. The largest absolute Gasteiger partial charge is 0.489 e. The molecule has 0 radical (unpaired) electrons. The molecule has 31 heavy (non-hydrogen) atoms. The van der Waals surface area contributed by atoms with Gasteiger partial charge in [-0.05, 0) is 67.5 Å². The molecule has 0 unspecified atom stereocenters. The van der Waals surface area contributed by atoms with Gasteiger partial charge in [-0.15, -0.1) is 0 Å². The van der Waals surface area contributed by atoms with Crippen LogP contribution in [0, 0.1) is 5.82 Å². The molecule has 2 aromatic carbocycles. The second-order valence-corrected chi connectivity index (χ2v) is 7.80. The summed E-state index contributed by atoms with van der Waals surface area (Å²) in [4.78, 5) is 19.8. The molecule has 156 valence electrons. The minimum atomic E-state index is -0.288. The van der Waals surface area contributed by atoms with E-state index in [1.807, 2.05) is 18.2 Å². The van der Waals surface area contributed by atoms with E-state index >= 15 is 0 Å². The van der Waals surface area contributed by atoms with Crippen molar-refractivity contribution >= 4 is 10.9 Å². The van der Waals surface area contributed by atoms with E-state index in [9.17, 15) is 9.18 Å². The molecule has 6 heteroatoms. The van der Waals surface area contributed by atoms with Crippen LogP contribution in [0.1, 0.15) is 17.7 Å². The number of aromatic nitrogens is 2. The fourth-order valence-corrected chi connectivity index (χ4v) is 3.67. The third-order valence-corrected chi connectivity index (χ3v) is 5.55. The molecule has 0 N–H and O–H groups in total. The van der Waals surface area contributed by atoms with Crippen LogP contribution in [0.5, 0.6) is 5.75 Å². The van der Waals surface area contributed by atoms with E-state index in [1.165, 1.54) is 24.6 Å². The number of pyridine rings is 2. The molecule has 0 saturated carbocycles. The van der Waals surface area contributed by atoms with Gasteiger partial charge in [0.25, 0.3) is 5.56 Å². The van der Waals surface area contributed by atoms with E-state index in [0.29, 0.717) is 5.75 Å². The van der Waals surface area contributed by atoms with Crippen LogP contribution in [-0.4, -0.2) is 27.5 Å². The Morgan fingerprint density at radius 3 is 2.55 bits per heavy atom. The standard InChI is InChI=1S/C25H22FN3O2/c26-20-5-2-18(3-6-20)17-31-23-10-13-29(25(30)15-23)22-8-9-24-19(14-22)4-7-21(27-24)16-28-11-1-12-28/h2-10,13-15H,1,11-12,16-17H2. The van der Waals surface area contributed by atoms with Crippen molar-refractivity contribution in [2.45, 2.75) is 19.6 Å².